The average Bonchev–Trinajstić information content (AvgIpc) is 2.63. The van der Waals surface area contributed by atoms with Gasteiger partial charge in [0.1, 0.15) is 12.3 Å². The number of halogens is 2. The molecular formula is C15H16Cl2N2O2. The van der Waals surface area contributed by atoms with Gasteiger partial charge in [0, 0.05) is 5.02 Å². The number of benzene rings is 1. The van der Waals surface area contributed by atoms with E-state index in [0.29, 0.717) is 21.5 Å². The molecule has 0 atom stereocenters. The van der Waals surface area contributed by atoms with E-state index in [1.54, 1.807) is 19.1 Å². The van der Waals surface area contributed by atoms with Crippen LogP contribution in [-0.2, 0) is 11.3 Å². The summed E-state index contributed by atoms with van der Waals surface area (Å²) < 4.78 is 6.87. The minimum atomic E-state index is -0.404. The Morgan fingerprint density at radius 3 is 2.19 bits per heavy atom. The maximum Gasteiger partial charge on any atom is 0.333 e. The van der Waals surface area contributed by atoms with E-state index >= 15 is 0 Å². The van der Waals surface area contributed by atoms with Crippen LogP contribution in [0.3, 0.4) is 0 Å². The summed E-state index contributed by atoms with van der Waals surface area (Å²) in [5.41, 5.74) is 3.18. The number of nitrogens with zero attached hydrogens (tertiary/aromatic N) is 2. The molecule has 0 saturated carbocycles. The number of esters is 1. The first-order valence-electron chi connectivity index (χ1n) is 6.46. The summed E-state index contributed by atoms with van der Waals surface area (Å²) in [6, 6.07) is 3.48. The van der Waals surface area contributed by atoms with E-state index in [9.17, 15) is 4.79 Å². The molecule has 6 heteroatoms. The van der Waals surface area contributed by atoms with Gasteiger partial charge in [0.15, 0.2) is 0 Å². The lowest BCUT2D eigenvalue weighted by atomic mass is 10.1. The fraction of sp³-hybridized carbons (Fsp3) is 0.333. The fourth-order valence-corrected chi connectivity index (χ4v) is 2.32. The molecule has 0 radical (unpaired) electrons. The maximum atomic E-state index is 12.0. The smallest absolute Gasteiger partial charge is 0.333 e. The van der Waals surface area contributed by atoms with Crippen molar-refractivity contribution in [2.24, 2.45) is 0 Å². The average molecular weight is 327 g/mol. The summed E-state index contributed by atoms with van der Waals surface area (Å²) in [7, 11) is 0. The Morgan fingerprint density at radius 2 is 1.71 bits per heavy atom. The highest BCUT2D eigenvalue weighted by Crippen LogP contribution is 2.26. The Kier molecular flexibility index (Phi) is 4.59. The fourth-order valence-electron chi connectivity index (χ4n) is 2.08. The van der Waals surface area contributed by atoms with Crippen LogP contribution >= 0.6 is 23.2 Å². The number of hydrogen-bond acceptors (Lipinski definition) is 3. The molecule has 0 aliphatic rings. The zero-order chi connectivity index (χ0) is 15.7. The minimum absolute atomic E-state index is 0.0140. The molecule has 2 aromatic rings. The highest BCUT2D eigenvalue weighted by Gasteiger charge is 2.14. The van der Waals surface area contributed by atoms with Gasteiger partial charge >= 0.3 is 5.97 Å². The van der Waals surface area contributed by atoms with Crippen LogP contribution in [0.5, 0.6) is 5.75 Å². The van der Waals surface area contributed by atoms with Crippen molar-refractivity contribution in [3.8, 4) is 5.75 Å². The SMILES string of the molecule is Cc1cc(OC(=O)Cn2nc(C)c(Cl)c2C)cc(C)c1Cl. The van der Waals surface area contributed by atoms with E-state index in [-0.39, 0.29) is 6.54 Å². The monoisotopic (exact) mass is 326 g/mol. The Labute approximate surface area is 133 Å². The molecule has 0 N–H and O–H groups in total. The molecule has 0 aliphatic carbocycles. The van der Waals surface area contributed by atoms with Crippen molar-refractivity contribution in [2.45, 2.75) is 34.2 Å². The molecule has 112 valence electrons. The third-order valence-electron chi connectivity index (χ3n) is 3.21. The molecule has 0 spiro atoms. The molecule has 1 heterocycles. The Hall–Kier alpha value is -1.52. The van der Waals surface area contributed by atoms with E-state index in [0.717, 1.165) is 16.8 Å². The van der Waals surface area contributed by atoms with Gasteiger partial charge in [-0.3, -0.25) is 4.68 Å². The second-order valence-electron chi connectivity index (χ2n) is 4.99. The summed E-state index contributed by atoms with van der Waals surface area (Å²) in [4.78, 5) is 12.0. The summed E-state index contributed by atoms with van der Waals surface area (Å²) in [5, 5.41) is 5.45. The van der Waals surface area contributed by atoms with Gasteiger partial charge in [-0.25, -0.2) is 4.79 Å². The van der Waals surface area contributed by atoms with Crippen molar-refractivity contribution in [3.05, 3.63) is 44.7 Å². The number of ether oxygens (including phenoxy) is 1. The van der Waals surface area contributed by atoms with Crippen LogP contribution in [0, 0.1) is 27.7 Å². The molecule has 0 bridgehead atoms. The topological polar surface area (TPSA) is 44.1 Å². The largest absolute Gasteiger partial charge is 0.425 e. The zero-order valence-electron chi connectivity index (χ0n) is 12.3. The van der Waals surface area contributed by atoms with Crippen molar-refractivity contribution >= 4 is 29.2 Å². The van der Waals surface area contributed by atoms with Crippen LogP contribution in [0.2, 0.25) is 10.0 Å². The van der Waals surface area contributed by atoms with Crippen LogP contribution in [-0.4, -0.2) is 15.7 Å². The van der Waals surface area contributed by atoms with Crippen LogP contribution < -0.4 is 4.74 Å². The van der Waals surface area contributed by atoms with Crippen molar-refractivity contribution in [3.63, 3.8) is 0 Å². The van der Waals surface area contributed by atoms with Crippen LogP contribution in [0.4, 0.5) is 0 Å². The summed E-state index contributed by atoms with van der Waals surface area (Å²) >= 11 is 12.1. The first kappa shape index (κ1) is 15.9. The van der Waals surface area contributed by atoms with Crippen LogP contribution in [0.15, 0.2) is 12.1 Å². The molecule has 2 rings (SSSR count). The number of rotatable bonds is 3. The van der Waals surface area contributed by atoms with Gasteiger partial charge < -0.3 is 4.74 Å². The highest BCUT2D eigenvalue weighted by molar-refractivity contribution is 6.32. The standard InChI is InChI=1S/C15H16Cl2N2O2/c1-8-5-12(6-9(2)14(8)16)21-13(20)7-19-11(4)15(17)10(3)18-19/h5-6H,7H2,1-4H3. The molecule has 1 aromatic heterocycles. The molecule has 0 saturated heterocycles. The van der Waals surface area contributed by atoms with Crippen molar-refractivity contribution < 1.29 is 9.53 Å². The van der Waals surface area contributed by atoms with Gasteiger partial charge in [-0.1, -0.05) is 23.2 Å². The molecular weight excluding hydrogens is 311 g/mol. The van der Waals surface area contributed by atoms with Gasteiger partial charge in [0.2, 0.25) is 0 Å². The Balaban J connectivity index is 2.13. The summed E-state index contributed by atoms with van der Waals surface area (Å²) in [6.07, 6.45) is 0. The Bertz CT molecular complexity index is 685. The van der Waals surface area contributed by atoms with Gasteiger partial charge in [-0.15, -0.1) is 0 Å². The lowest BCUT2D eigenvalue weighted by molar-refractivity contribution is -0.135. The van der Waals surface area contributed by atoms with Gasteiger partial charge in [0.05, 0.1) is 16.4 Å². The van der Waals surface area contributed by atoms with Crippen LogP contribution in [0.25, 0.3) is 0 Å². The van der Waals surface area contributed by atoms with E-state index < -0.39 is 5.97 Å². The Morgan fingerprint density at radius 1 is 1.14 bits per heavy atom. The van der Waals surface area contributed by atoms with Crippen molar-refractivity contribution in [2.75, 3.05) is 0 Å². The van der Waals surface area contributed by atoms with Gasteiger partial charge in [-0.05, 0) is 51.0 Å². The normalized spacial score (nSPS) is 10.8. The predicted octanol–water partition coefficient (Wildman–Crippen LogP) is 4.03. The summed E-state index contributed by atoms with van der Waals surface area (Å²) in [5.74, 6) is 0.0745. The lowest BCUT2D eigenvalue weighted by Crippen LogP contribution is -2.18. The van der Waals surface area contributed by atoms with Gasteiger partial charge in [0.25, 0.3) is 0 Å². The second kappa shape index (κ2) is 6.08. The van der Waals surface area contributed by atoms with E-state index in [4.69, 9.17) is 27.9 Å². The van der Waals surface area contributed by atoms with E-state index in [2.05, 4.69) is 5.10 Å². The third kappa shape index (κ3) is 3.39. The number of aryl methyl sites for hydroxylation is 3. The quantitative estimate of drug-likeness (QED) is 0.631. The number of hydrogen-bond donors (Lipinski definition) is 0. The van der Waals surface area contributed by atoms with Crippen molar-refractivity contribution in [1.29, 1.82) is 0 Å². The molecule has 0 fully saturated rings. The number of carbonyl (C=O) groups is 1. The lowest BCUT2D eigenvalue weighted by Gasteiger charge is -2.09. The minimum Gasteiger partial charge on any atom is -0.425 e. The van der Waals surface area contributed by atoms with Gasteiger partial charge in [-0.2, -0.15) is 5.10 Å². The predicted molar refractivity (Wildman–Crippen MR) is 83.3 cm³/mol. The first-order chi connectivity index (χ1) is 9.79. The molecule has 0 aliphatic heterocycles. The summed E-state index contributed by atoms with van der Waals surface area (Å²) in [6.45, 7) is 7.36. The number of aromatic nitrogens is 2. The molecule has 0 amide bonds. The molecule has 4 nitrogen and oxygen atoms in total. The molecule has 1 aromatic carbocycles. The van der Waals surface area contributed by atoms with E-state index in [1.807, 2.05) is 20.8 Å². The maximum absolute atomic E-state index is 12.0. The molecule has 21 heavy (non-hydrogen) atoms. The second-order valence-corrected chi connectivity index (χ2v) is 5.74. The highest BCUT2D eigenvalue weighted by atomic mass is 35.5. The number of carbonyl (C=O) groups excluding carboxylic acids is 1. The third-order valence-corrected chi connectivity index (χ3v) is 4.36. The van der Waals surface area contributed by atoms with E-state index in [1.165, 1.54) is 4.68 Å². The van der Waals surface area contributed by atoms with Crippen LogP contribution in [0.1, 0.15) is 22.5 Å². The first-order valence-corrected chi connectivity index (χ1v) is 7.22. The molecule has 0 unspecified atom stereocenters. The van der Waals surface area contributed by atoms with Crippen molar-refractivity contribution in [1.82, 2.24) is 9.78 Å². The zero-order valence-corrected chi connectivity index (χ0v) is 13.8.